The van der Waals surface area contributed by atoms with E-state index in [0.29, 0.717) is 0 Å². The number of hydrogen-bond acceptors (Lipinski definition) is 1. The lowest BCUT2D eigenvalue weighted by Gasteiger charge is -1.92. The lowest BCUT2D eigenvalue weighted by Crippen LogP contribution is -2.05. The van der Waals surface area contributed by atoms with E-state index in [-0.39, 0.29) is 0 Å². The van der Waals surface area contributed by atoms with Crippen LogP contribution in [0, 0.1) is 3.57 Å². The van der Waals surface area contributed by atoms with Crippen molar-refractivity contribution < 1.29 is 4.79 Å². The Morgan fingerprint density at radius 1 is 1.50 bits per heavy atom. The van der Waals surface area contributed by atoms with Crippen LogP contribution in [0.4, 0.5) is 0 Å². The van der Waals surface area contributed by atoms with Gasteiger partial charge in [0.2, 0.25) is 5.91 Å². The highest BCUT2D eigenvalue weighted by Gasteiger charge is 1.88. The normalized spacial score (nSPS) is 10.4. The van der Waals surface area contributed by atoms with Crippen LogP contribution in [0.15, 0.2) is 30.3 Å². The summed E-state index contributed by atoms with van der Waals surface area (Å²) in [6.45, 7) is 0. The molecule has 1 aromatic carbocycles. The number of primary amides is 1. The van der Waals surface area contributed by atoms with Crippen LogP contribution in [-0.2, 0) is 4.79 Å². The third-order valence-electron chi connectivity index (χ3n) is 1.29. The lowest BCUT2D eigenvalue weighted by atomic mass is 10.2. The fraction of sp³-hybridized carbons (Fsp3) is 0. The quantitative estimate of drug-likeness (QED) is 0.648. The van der Waals surface area contributed by atoms with Gasteiger partial charge in [0.15, 0.2) is 0 Å². The largest absolute Gasteiger partial charge is 0.366 e. The first-order chi connectivity index (χ1) is 5.68. The maximum atomic E-state index is 10.4. The second-order valence-electron chi connectivity index (χ2n) is 2.29. The number of halogens is 1. The molecule has 12 heavy (non-hydrogen) atoms. The fourth-order valence-electron chi connectivity index (χ4n) is 0.789. The Morgan fingerprint density at radius 2 is 2.25 bits per heavy atom. The molecule has 0 saturated heterocycles. The van der Waals surface area contributed by atoms with Crippen molar-refractivity contribution >= 4 is 34.6 Å². The van der Waals surface area contributed by atoms with Gasteiger partial charge in [-0.1, -0.05) is 12.1 Å². The minimum absolute atomic E-state index is 0.422. The summed E-state index contributed by atoms with van der Waals surface area (Å²) in [4.78, 5) is 10.4. The first-order valence-corrected chi connectivity index (χ1v) is 4.49. The van der Waals surface area contributed by atoms with Crippen molar-refractivity contribution in [2.75, 3.05) is 0 Å². The molecule has 0 aromatic heterocycles. The number of amides is 1. The molecule has 0 heterocycles. The number of hydrogen-bond donors (Lipinski definition) is 1. The molecule has 0 radical (unpaired) electrons. The molecule has 3 heteroatoms. The highest BCUT2D eigenvalue weighted by molar-refractivity contribution is 14.1. The van der Waals surface area contributed by atoms with E-state index in [9.17, 15) is 4.79 Å². The van der Waals surface area contributed by atoms with E-state index in [1.807, 2.05) is 24.3 Å². The zero-order valence-electron chi connectivity index (χ0n) is 6.33. The van der Waals surface area contributed by atoms with Gasteiger partial charge in [0.05, 0.1) is 0 Å². The molecule has 0 fully saturated rings. The predicted octanol–water partition coefficient (Wildman–Crippen LogP) is 1.79. The van der Waals surface area contributed by atoms with Gasteiger partial charge in [0, 0.05) is 9.65 Å². The van der Waals surface area contributed by atoms with Crippen molar-refractivity contribution in [2.24, 2.45) is 5.73 Å². The maximum Gasteiger partial charge on any atom is 0.241 e. The standard InChI is InChI=1S/C9H8INO/c10-8-3-1-2-7(6-8)4-5-9(11)12/h1-6H,(H2,11,12)/b5-4+. The highest BCUT2D eigenvalue weighted by atomic mass is 127. The van der Waals surface area contributed by atoms with E-state index >= 15 is 0 Å². The zero-order chi connectivity index (χ0) is 8.97. The molecule has 2 N–H and O–H groups in total. The molecule has 1 aromatic rings. The summed E-state index contributed by atoms with van der Waals surface area (Å²) < 4.78 is 1.14. The van der Waals surface area contributed by atoms with Crippen LogP contribution in [0.5, 0.6) is 0 Å². The van der Waals surface area contributed by atoms with E-state index in [0.717, 1.165) is 9.13 Å². The van der Waals surface area contributed by atoms with E-state index in [1.54, 1.807) is 6.08 Å². The van der Waals surface area contributed by atoms with Crippen molar-refractivity contribution in [1.82, 2.24) is 0 Å². The molecular weight excluding hydrogens is 265 g/mol. The van der Waals surface area contributed by atoms with Crippen molar-refractivity contribution in [3.8, 4) is 0 Å². The van der Waals surface area contributed by atoms with Crippen molar-refractivity contribution in [3.05, 3.63) is 39.5 Å². The molecular formula is C9H8INO. The monoisotopic (exact) mass is 273 g/mol. The van der Waals surface area contributed by atoms with Crippen LogP contribution in [0.25, 0.3) is 6.08 Å². The van der Waals surface area contributed by atoms with Crippen LogP contribution in [0.1, 0.15) is 5.56 Å². The van der Waals surface area contributed by atoms with Gasteiger partial charge in [-0.15, -0.1) is 0 Å². The average Bonchev–Trinajstić information content (AvgIpc) is 2.01. The minimum Gasteiger partial charge on any atom is -0.366 e. The van der Waals surface area contributed by atoms with Gasteiger partial charge in [0.1, 0.15) is 0 Å². The highest BCUT2D eigenvalue weighted by Crippen LogP contribution is 2.08. The SMILES string of the molecule is NC(=O)/C=C/c1cccc(I)c1. The molecule has 1 amide bonds. The molecule has 62 valence electrons. The first kappa shape index (κ1) is 9.25. The predicted molar refractivity (Wildman–Crippen MR) is 57.4 cm³/mol. The fourth-order valence-corrected chi connectivity index (χ4v) is 1.36. The summed E-state index contributed by atoms with van der Waals surface area (Å²) >= 11 is 2.21. The van der Waals surface area contributed by atoms with Crippen LogP contribution in [-0.4, -0.2) is 5.91 Å². The van der Waals surface area contributed by atoms with E-state index in [4.69, 9.17) is 5.73 Å². The number of benzene rings is 1. The van der Waals surface area contributed by atoms with Gasteiger partial charge >= 0.3 is 0 Å². The third kappa shape index (κ3) is 3.04. The van der Waals surface area contributed by atoms with Gasteiger partial charge in [-0.25, -0.2) is 0 Å². The molecule has 1 rings (SSSR count). The summed E-state index contributed by atoms with van der Waals surface area (Å²) in [6.07, 6.45) is 3.05. The molecule has 0 atom stereocenters. The van der Waals surface area contributed by atoms with Gasteiger partial charge in [-0.3, -0.25) is 4.79 Å². The molecule has 0 spiro atoms. The molecule has 0 unspecified atom stereocenters. The number of nitrogens with two attached hydrogens (primary N) is 1. The van der Waals surface area contributed by atoms with Crippen molar-refractivity contribution in [3.63, 3.8) is 0 Å². The first-order valence-electron chi connectivity index (χ1n) is 3.41. The van der Waals surface area contributed by atoms with E-state index in [1.165, 1.54) is 6.08 Å². The third-order valence-corrected chi connectivity index (χ3v) is 1.96. The summed E-state index contributed by atoms with van der Waals surface area (Å²) in [5.41, 5.74) is 5.94. The van der Waals surface area contributed by atoms with Crippen LogP contribution in [0.3, 0.4) is 0 Å². The zero-order valence-corrected chi connectivity index (χ0v) is 8.49. The van der Waals surface area contributed by atoms with Crippen molar-refractivity contribution in [2.45, 2.75) is 0 Å². The molecule has 0 bridgehead atoms. The molecule has 2 nitrogen and oxygen atoms in total. The Bertz CT molecular complexity index is 320. The molecule has 0 aliphatic heterocycles. The number of rotatable bonds is 2. The van der Waals surface area contributed by atoms with Crippen LogP contribution < -0.4 is 5.73 Å². The Morgan fingerprint density at radius 3 is 2.83 bits per heavy atom. The summed E-state index contributed by atoms with van der Waals surface area (Å²) in [7, 11) is 0. The Hall–Kier alpha value is -0.840. The van der Waals surface area contributed by atoms with E-state index < -0.39 is 5.91 Å². The Labute approximate surface area is 84.6 Å². The summed E-state index contributed by atoms with van der Waals surface area (Å²) in [5, 5.41) is 0. The maximum absolute atomic E-state index is 10.4. The minimum atomic E-state index is -0.422. The molecule has 0 saturated carbocycles. The Kier molecular flexibility index (Phi) is 3.28. The topological polar surface area (TPSA) is 43.1 Å². The average molecular weight is 273 g/mol. The smallest absolute Gasteiger partial charge is 0.241 e. The summed E-state index contributed by atoms with van der Waals surface area (Å²) in [6, 6.07) is 7.81. The van der Waals surface area contributed by atoms with Crippen LogP contribution in [0.2, 0.25) is 0 Å². The molecule has 0 aliphatic carbocycles. The van der Waals surface area contributed by atoms with Gasteiger partial charge in [-0.2, -0.15) is 0 Å². The van der Waals surface area contributed by atoms with E-state index in [2.05, 4.69) is 22.6 Å². The second-order valence-corrected chi connectivity index (χ2v) is 3.54. The van der Waals surface area contributed by atoms with Gasteiger partial charge in [-0.05, 0) is 46.4 Å². The second kappa shape index (κ2) is 4.25. The molecule has 0 aliphatic rings. The Balaban J connectivity index is 2.83. The lowest BCUT2D eigenvalue weighted by molar-refractivity contribution is -0.113. The van der Waals surface area contributed by atoms with Crippen molar-refractivity contribution in [1.29, 1.82) is 0 Å². The number of carbonyl (C=O) groups is 1. The summed E-state index contributed by atoms with van der Waals surface area (Å²) in [5.74, 6) is -0.422. The number of carbonyl (C=O) groups excluding carboxylic acids is 1. The van der Waals surface area contributed by atoms with Gasteiger partial charge < -0.3 is 5.73 Å². The van der Waals surface area contributed by atoms with Gasteiger partial charge in [0.25, 0.3) is 0 Å². The van der Waals surface area contributed by atoms with Crippen LogP contribution >= 0.6 is 22.6 Å².